The maximum absolute atomic E-state index is 13.3. The molecule has 0 bridgehead atoms. The van der Waals surface area contributed by atoms with Crippen LogP contribution in [0, 0.1) is 6.92 Å². The molecule has 2 aromatic rings. The van der Waals surface area contributed by atoms with Crippen molar-refractivity contribution in [2.45, 2.75) is 64.6 Å². The number of amides is 2. The first kappa shape index (κ1) is 22.6. The van der Waals surface area contributed by atoms with Crippen molar-refractivity contribution in [3.8, 4) is 0 Å². The number of hydrogen-bond donors (Lipinski definition) is 1. The van der Waals surface area contributed by atoms with E-state index in [1.54, 1.807) is 24.0 Å². The lowest BCUT2D eigenvalue weighted by Crippen LogP contribution is -2.50. The average Bonchev–Trinajstić information content (AvgIpc) is 3.21. The fourth-order valence-electron chi connectivity index (χ4n) is 3.91. The van der Waals surface area contributed by atoms with E-state index in [0.717, 1.165) is 42.4 Å². The van der Waals surface area contributed by atoms with Gasteiger partial charge in [-0.25, -0.2) is 0 Å². The van der Waals surface area contributed by atoms with Crippen LogP contribution >= 0.6 is 23.2 Å². The molecule has 2 aromatic carbocycles. The molecule has 0 aromatic heterocycles. The molecule has 1 unspecified atom stereocenters. The molecule has 1 atom stereocenters. The first-order valence-corrected chi connectivity index (χ1v) is 11.2. The van der Waals surface area contributed by atoms with Crippen LogP contribution in [0.2, 0.25) is 10.0 Å². The quantitative estimate of drug-likeness (QED) is 0.625. The Bertz CT molecular complexity index is 910. The maximum Gasteiger partial charge on any atom is 0.242 e. The van der Waals surface area contributed by atoms with Gasteiger partial charge in [0.25, 0.3) is 0 Å². The second kappa shape index (κ2) is 10.3. The lowest BCUT2D eigenvalue weighted by molar-refractivity contribution is -0.140. The van der Waals surface area contributed by atoms with E-state index < -0.39 is 6.04 Å². The Kier molecular flexibility index (Phi) is 7.79. The molecule has 0 aliphatic heterocycles. The Balaban J connectivity index is 1.79. The molecule has 1 saturated carbocycles. The van der Waals surface area contributed by atoms with E-state index in [1.807, 2.05) is 37.3 Å². The van der Waals surface area contributed by atoms with Crippen LogP contribution < -0.4 is 5.32 Å². The smallest absolute Gasteiger partial charge is 0.242 e. The van der Waals surface area contributed by atoms with Crippen LogP contribution in [0.25, 0.3) is 0 Å². The summed E-state index contributed by atoms with van der Waals surface area (Å²) in [6.07, 6.45) is 4.52. The minimum atomic E-state index is -0.586. The molecule has 160 valence electrons. The van der Waals surface area contributed by atoms with Gasteiger partial charge in [-0.15, -0.1) is 0 Å². The van der Waals surface area contributed by atoms with Gasteiger partial charge in [0.1, 0.15) is 6.04 Å². The lowest BCUT2D eigenvalue weighted by Gasteiger charge is -2.30. The number of rotatable bonds is 7. The van der Waals surface area contributed by atoms with E-state index >= 15 is 0 Å². The largest absolute Gasteiger partial charge is 0.352 e. The molecule has 30 heavy (non-hydrogen) atoms. The third kappa shape index (κ3) is 5.99. The zero-order chi connectivity index (χ0) is 21.7. The monoisotopic (exact) mass is 446 g/mol. The SMILES string of the molecule is Cc1cccc(CC(=O)N(Cc2ccc(Cl)c(Cl)c2)C(C)C(=O)NC2CCCC2)c1. The first-order valence-electron chi connectivity index (χ1n) is 10.4. The molecule has 6 heteroatoms. The Labute approximate surface area is 188 Å². The van der Waals surface area contributed by atoms with Gasteiger partial charge in [0.2, 0.25) is 11.8 Å². The number of hydrogen-bond acceptors (Lipinski definition) is 2. The minimum absolute atomic E-state index is 0.0965. The molecule has 0 spiro atoms. The fourth-order valence-corrected chi connectivity index (χ4v) is 4.23. The van der Waals surface area contributed by atoms with Crippen LogP contribution in [0.5, 0.6) is 0 Å². The standard InChI is InChI=1S/C24H28Cl2N2O2/c1-16-6-5-7-18(12-16)14-23(29)28(15-19-10-11-21(25)22(26)13-19)17(2)24(30)27-20-8-3-4-9-20/h5-7,10-13,17,20H,3-4,8-9,14-15H2,1-2H3,(H,27,30). The lowest BCUT2D eigenvalue weighted by atomic mass is 10.1. The number of benzene rings is 2. The molecule has 0 radical (unpaired) electrons. The first-order chi connectivity index (χ1) is 14.3. The highest BCUT2D eigenvalue weighted by Gasteiger charge is 2.28. The van der Waals surface area contributed by atoms with Gasteiger partial charge in [-0.3, -0.25) is 9.59 Å². The number of carbonyl (C=O) groups is 2. The summed E-state index contributed by atoms with van der Waals surface area (Å²) in [6, 6.07) is 12.8. The predicted octanol–water partition coefficient (Wildman–Crippen LogP) is 5.32. The highest BCUT2D eigenvalue weighted by atomic mass is 35.5. The van der Waals surface area contributed by atoms with Gasteiger partial charge in [0.15, 0.2) is 0 Å². The Hall–Kier alpha value is -2.04. The van der Waals surface area contributed by atoms with Crippen LogP contribution in [0.1, 0.15) is 49.3 Å². The van der Waals surface area contributed by atoms with E-state index in [1.165, 1.54) is 0 Å². The third-order valence-electron chi connectivity index (χ3n) is 5.64. The van der Waals surface area contributed by atoms with Crippen molar-refractivity contribution in [3.63, 3.8) is 0 Å². The van der Waals surface area contributed by atoms with Gasteiger partial charge >= 0.3 is 0 Å². The van der Waals surface area contributed by atoms with Crippen molar-refractivity contribution in [2.75, 3.05) is 0 Å². The van der Waals surface area contributed by atoms with Gasteiger partial charge < -0.3 is 10.2 Å². The van der Waals surface area contributed by atoms with Crippen LogP contribution in [0.15, 0.2) is 42.5 Å². The molecule has 1 N–H and O–H groups in total. The molecule has 3 rings (SSSR count). The second-order valence-electron chi connectivity index (χ2n) is 8.10. The van der Waals surface area contributed by atoms with E-state index in [4.69, 9.17) is 23.2 Å². The summed E-state index contributed by atoms with van der Waals surface area (Å²) in [7, 11) is 0. The summed E-state index contributed by atoms with van der Waals surface area (Å²) >= 11 is 12.2. The summed E-state index contributed by atoms with van der Waals surface area (Å²) < 4.78 is 0. The van der Waals surface area contributed by atoms with Gasteiger partial charge in [0.05, 0.1) is 16.5 Å². The Morgan fingerprint density at radius 3 is 2.47 bits per heavy atom. The Morgan fingerprint density at radius 2 is 1.80 bits per heavy atom. The van der Waals surface area contributed by atoms with Gasteiger partial charge in [-0.1, -0.05) is 71.9 Å². The van der Waals surface area contributed by atoms with E-state index in [0.29, 0.717) is 16.6 Å². The van der Waals surface area contributed by atoms with E-state index in [-0.39, 0.29) is 24.3 Å². The van der Waals surface area contributed by atoms with E-state index in [9.17, 15) is 9.59 Å². The highest BCUT2D eigenvalue weighted by Crippen LogP contribution is 2.24. The van der Waals surface area contributed by atoms with Crippen LogP contribution in [-0.4, -0.2) is 28.8 Å². The predicted molar refractivity (Wildman–Crippen MR) is 122 cm³/mol. The van der Waals surface area contributed by atoms with Crippen molar-refractivity contribution >= 4 is 35.0 Å². The molecule has 4 nitrogen and oxygen atoms in total. The molecule has 2 amide bonds. The van der Waals surface area contributed by atoms with Gasteiger partial charge in [-0.05, 0) is 49.9 Å². The number of nitrogens with zero attached hydrogens (tertiary/aromatic N) is 1. The van der Waals surface area contributed by atoms with Gasteiger partial charge in [-0.2, -0.15) is 0 Å². The zero-order valence-corrected chi connectivity index (χ0v) is 19.0. The van der Waals surface area contributed by atoms with Crippen molar-refractivity contribution in [1.29, 1.82) is 0 Å². The van der Waals surface area contributed by atoms with E-state index in [2.05, 4.69) is 5.32 Å². The minimum Gasteiger partial charge on any atom is -0.352 e. The topological polar surface area (TPSA) is 49.4 Å². The fraction of sp³-hybridized carbons (Fsp3) is 0.417. The van der Waals surface area contributed by atoms with Gasteiger partial charge in [0, 0.05) is 12.6 Å². The maximum atomic E-state index is 13.3. The number of halogens is 2. The molecular formula is C24H28Cl2N2O2. The van der Waals surface area contributed by atoms with Crippen LogP contribution in [0.3, 0.4) is 0 Å². The van der Waals surface area contributed by atoms with Crippen molar-refractivity contribution < 1.29 is 9.59 Å². The highest BCUT2D eigenvalue weighted by molar-refractivity contribution is 6.42. The van der Waals surface area contributed by atoms with Crippen molar-refractivity contribution in [2.24, 2.45) is 0 Å². The number of aryl methyl sites for hydroxylation is 1. The second-order valence-corrected chi connectivity index (χ2v) is 8.92. The summed E-state index contributed by atoms with van der Waals surface area (Å²) in [5, 5.41) is 4.01. The Morgan fingerprint density at radius 1 is 1.07 bits per heavy atom. The number of carbonyl (C=O) groups excluding carboxylic acids is 2. The molecule has 0 saturated heterocycles. The molecule has 1 aliphatic carbocycles. The molecule has 0 heterocycles. The zero-order valence-electron chi connectivity index (χ0n) is 17.5. The van der Waals surface area contributed by atoms with Crippen molar-refractivity contribution in [1.82, 2.24) is 10.2 Å². The molecular weight excluding hydrogens is 419 g/mol. The molecule has 1 aliphatic rings. The van der Waals surface area contributed by atoms with Crippen LogP contribution in [-0.2, 0) is 22.6 Å². The number of nitrogens with one attached hydrogen (secondary N) is 1. The normalized spacial score (nSPS) is 15.1. The summed E-state index contributed by atoms with van der Waals surface area (Å²) in [5.41, 5.74) is 2.87. The summed E-state index contributed by atoms with van der Waals surface area (Å²) in [6.45, 7) is 4.08. The summed E-state index contributed by atoms with van der Waals surface area (Å²) in [5.74, 6) is -0.208. The van der Waals surface area contributed by atoms with Crippen LogP contribution in [0.4, 0.5) is 0 Å². The summed E-state index contributed by atoms with van der Waals surface area (Å²) in [4.78, 5) is 27.8. The third-order valence-corrected chi connectivity index (χ3v) is 6.38. The average molecular weight is 447 g/mol. The van der Waals surface area contributed by atoms with Crippen molar-refractivity contribution in [3.05, 3.63) is 69.2 Å². The molecule has 1 fully saturated rings.